The number of benzene rings is 2. The number of nitro benzene ring substituents is 1. The van der Waals surface area contributed by atoms with Gasteiger partial charge >= 0.3 is 0 Å². The Hall–Kier alpha value is -2.78. The van der Waals surface area contributed by atoms with E-state index >= 15 is 0 Å². The number of aldehydes is 1. The Morgan fingerprint density at radius 1 is 1.03 bits per heavy atom. The minimum Gasteiger partial charge on any atom is -0.363 e. The predicted octanol–water partition coefficient (Wildman–Crippen LogP) is 3.04. The fraction of sp³-hybridized carbons (Fsp3) is 0.350. The second-order valence-corrected chi connectivity index (χ2v) is 9.18. The smallest absolute Gasteiger partial charge is 0.293 e. The van der Waals surface area contributed by atoms with Crippen LogP contribution < -0.4 is 4.90 Å². The molecule has 1 aliphatic rings. The summed E-state index contributed by atoms with van der Waals surface area (Å²) in [6.45, 7) is 5.18. The Labute approximate surface area is 169 Å². The van der Waals surface area contributed by atoms with Crippen LogP contribution in [0.5, 0.6) is 0 Å². The molecule has 29 heavy (non-hydrogen) atoms. The highest BCUT2D eigenvalue weighted by molar-refractivity contribution is 7.89. The van der Waals surface area contributed by atoms with Crippen LogP contribution in [0.3, 0.4) is 0 Å². The van der Waals surface area contributed by atoms with Crippen molar-refractivity contribution in [2.75, 3.05) is 31.1 Å². The lowest BCUT2D eigenvalue weighted by molar-refractivity contribution is -0.384. The highest BCUT2D eigenvalue weighted by Gasteiger charge is 2.30. The second kappa shape index (κ2) is 8.30. The monoisotopic (exact) mass is 417 g/mol. The number of nitrogens with zero attached hydrogens (tertiary/aromatic N) is 3. The van der Waals surface area contributed by atoms with Gasteiger partial charge in [0.2, 0.25) is 10.0 Å². The van der Waals surface area contributed by atoms with Gasteiger partial charge in [0.1, 0.15) is 12.0 Å². The Kier molecular flexibility index (Phi) is 5.99. The number of rotatable bonds is 6. The maximum atomic E-state index is 12.9. The fourth-order valence-corrected chi connectivity index (χ4v) is 4.79. The molecule has 0 N–H and O–H groups in total. The van der Waals surface area contributed by atoms with E-state index in [1.807, 2.05) is 26.0 Å². The van der Waals surface area contributed by atoms with E-state index in [4.69, 9.17) is 0 Å². The van der Waals surface area contributed by atoms with E-state index in [-0.39, 0.29) is 29.2 Å². The van der Waals surface area contributed by atoms with E-state index in [0.717, 1.165) is 5.56 Å². The minimum atomic E-state index is -3.62. The molecule has 0 radical (unpaired) electrons. The number of piperazine rings is 1. The zero-order valence-electron chi connectivity index (χ0n) is 16.3. The van der Waals surface area contributed by atoms with Gasteiger partial charge in [0.15, 0.2) is 0 Å². The van der Waals surface area contributed by atoms with Crippen LogP contribution in [-0.2, 0) is 10.0 Å². The number of anilines is 1. The Balaban J connectivity index is 1.76. The van der Waals surface area contributed by atoms with Gasteiger partial charge in [0.05, 0.1) is 9.82 Å². The molecule has 0 spiro atoms. The van der Waals surface area contributed by atoms with Crippen molar-refractivity contribution < 1.29 is 18.1 Å². The lowest BCUT2D eigenvalue weighted by atomic mass is 10.0. The molecule has 2 aromatic carbocycles. The molecule has 0 aromatic heterocycles. The zero-order valence-corrected chi connectivity index (χ0v) is 17.1. The molecular weight excluding hydrogens is 394 g/mol. The molecule has 0 saturated carbocycles. The van der Waals surface area contributed by atoms with E-state index in [1.54, 1.807) is 17.0 Å². The number of hydrogen-bond donors (Lipinski definition) is 0. The van der Waals surface area contributed by atoms with Gasteiger partial charge in [-0.15, -0.1) is 0 Å². The van der Waals surface area contributed by atoms with Crippen molar-refractivity contribution in [3.8, 4) is 0 Å². The highest BCUT2D eigenvalue weighted by Crippen LogP contribution is 2.30. The Bertz CT molecular complexity index is 1010. The predicted molar refractivity (Wildman–Crippen MR) is 110 cm³/mol. The molecule has 2 aromatic rings. The molecule has 0 atom stereocenters. The van der Waals surface area contributed by atoms with E-state index in [0.29, 0.717) is 31.0 Å². The topological polar surface area (TPSA) is 101 Å². The number of sulfonamides is 1. The summed E-state index contributed by atoms with van der Waals surface area (Å²) >= 11 is 0. The molecular formula is C20H23N3O5S. The average molecular weight is 417 g/mol. The highest BCUT2D eigenvalue weighted by atomic mass is 32.2. The van der Waals surface area contributed by atoms with Gasteiger partial charge in [-0.2, -0.15) is 4.31 Å². The molecule has 0 amide bonds. The molecule has 0 aliphatic carbocycles. The maximum absolute atomic E-state index is 12.9. The molecule has 9 heteroatoms. The number of hydrogen-bond acceptors (Lipinski definition) is 6. The number of carbonyl (C=O) groups is 1. The van der Waals surface area contributed by atoms with E-state index < -0.39 is 14.9 Å². The molecule has 8 nitrogen and oxygen atoms in total. The van der Waals surface area contributed by atoms with Crippen LogP contribution in [-0.4, -0.2) is 50.1 Å². The standard InChI is InChI=1S/C20H23N3O5S/c1-15(2)17-4-6-18(7-5-17)29(27,28)22-11-9-21(10-12-22)19-8-3-16(14-24)13-20(19)23(25)26/h3-8,13-15H,9-12H2,1-2H3. The van der Waals surface area contributed by atoms with E-state index in [2.05, 4.69) is 0 Å². The van der Waals surface area contributed by atoms with Crippen LogP contribution in [0.4, 0.5) is 11.4 Å². The third-order valence-electron chi connectivity index (χ3n) is 5.10. The van der Waals surface area contributed by atoms with Crippen molar-refractivity contribution in [3.05, 3.63) is 63.7 Å². The first-order chi connectivity index (χ1) is 13.7. The van der Waals surface area contributed by atoms with Gasteiger partial charge in [0.25, 0.3) is 5.69 Å². The molecule has 0 bridgehead atoms. The summed E-state index contributed by atoms with van der Waals surface area (Å²) in [4.78, 5) is 23.8. The first-order valence-electron chi connectivity index (χ1n) is 9.32. The SMILES string of the molecule is CC(C)c1ccc(S(=O)(=O)N2CCN(c3ccc(C=O)cc3[N+](=O)[O-])CC2)cc1. The number of carbonyl (C=O) groups excluding carboxylic acids is 1. The van der Waals surface area contributed by atoms with Gasteiger partial charge in [-0.25, -0.2) is 8.42 Å². The molecule has 1 aliphatic heterocycles. The van der Waals surface area contributed by atoms with Gasteiger partial charge in [0, 0.05) is 37.8 Å². The Morgan fingerprint density at radius 3 is 2.17 bits per heavy atom. The Morgan fingerprint density at radius 2 is 1.66 bits per heavy atom. The third kappa shape index (κ3) is 4.30. The van der Waals surface area contributed by atoms with Crippen LogP contribution in [0.1, 0.15) is 35.7 Å². The van der Waals surface area contributed by atoms with Crippen LogP contribution >= 0.6 is 0 Å². The normalized spacial score (nSPS) is 15.5. The summed E-state index contributed by atoms with van der Waals surface area (Å²) in [5.41, 5.74) is 1.53. The molecule has 1 heterocycles. The number of nitro groups is 1. The summed E-state index contributed by atoms with van der Waals surface area (Å²) in [6.07, 6.45) is 0.561. The van der Waals surface area contributed by atoms with Gasteiger partial charge < -0.3 is 4.90 Å². The van der Waals surface area contributed by atoms with Crippen molar-refractivity contribution in [2.45, 2.75) is 24.7 Å². The summed E-state index contributed by atoms with van der Waals surface area (Å²) < 4.78 is 27.3. The van der Waals surface area contributed by atoms with Crippen molar-refractivity contribution in [1.29, 1.82) is 0 Å². The lowest BCUT2D eigenvalue weighted by Gasteiger charge is -2.35. The molecule has 0 unspecified atom stereocenters. The summed E-state index contributed by atoms with van der Waals surface area (Å²) in [6, 6.07) is 11.2. The van der Waals surface area contributed by atoms with Crippen molar-refractivity contribution in [3.63, 3.8) is 0 Å². The third-order valence-corrected chi connectivity index (χ3v) is 7.01. The quantitative estimate of drug-likeness (QED) is 0.407. The van der Waals surface area contributed by atoms with E-state index in [1.165, 1.54) is 22.5 Å². The van der Waals surface area contributed by atoms with Crippen molar-refractivity contribution in [1.82, 2.24) is 4.31 Å². The fourth-order valence-electron chi connectivity index (χ4n) is 3.37. The molecule has 154 valence electrons. The van der Waals surface area contributed by atoms with Crippen LogP contribution in [0.25, 0.3) is 0 Å². The van der Waals surface area contributed by atoms with Gasteiger partial charge in [-0.05, 0) is 35.7 Å². The second-order valence-electron chi connectivity index (χ2n) is 7.24. The largest absolute Gasteiger partial charge is 0.363 e. The average Bonchev–Trinajstić information content (AvgIpc) is 2.73. The molecule has 1 saturated heterocycles. The van der Waals surface area contributed by atoms with Gasteiger partial charge in [-0.3, -0.25) is 14.9 Å². The summed E-state index contributed by atoms with van der Waals surface area (Å²) in [5.74, 6) is 0.316. The van der Waals surface area contributed by atoms with Crippen LogP contribution in [0.2, 0.25) is 0 Å². The summed E-state index contributed by atoms with van der Waals surface area (Å²) in [5, 5.41) is 11.4. The van der Waals surface area contributed by atoms with Crippen LogP contribution in [0.15, 0.2) is 47.4 Å². The lowest BCUT2D eigenvalue weighted by Crippen LogP contribution is -2.48. The maximum Gasteiger partial charge on any atom is 0.293 e. The summed E-state index contributed by atoms with van der Waals surface area (Å²) in [7, 11) is -3.62. The van der Waals surface area contributed by atoms with Crippen LogP contribution in [0, 0.1) is 10.1 Å². The first-order valence-corrected chi connectivity index (χ1v) is 10.8. The first kappa shape index (κ1) is 20.9. The molecule has 3 rings (SSSR count). The van der Waals surface area contributed by atoms with Gasteiger partial charge in [-0.1, -0.05) is 26.0 Å². The molecule has 1 fully saturated rings. The van der Waals surface area contributed by atoms with Crippen molar-refractivity contribution in [2.24, 2.45) is 0 Å². The van der Waals surface area contributed by atoms with Crippen molar-refractivity contribution >= 4 is 27.7 Å². The zero-order chi connectivity index (χ0) is 21.2. The van der Waals surface area contributed by atoms with E-state index in [9.17, 15) is 23.3 Å². The minimum absolute atomic E-state index is 0.157.